The Kier molecular flexibility index (Phi) is 3.63. The summed E-state index contributed by atoms with van der Waals surface area (Å²) in [7, 11) is 2.18. The van der Waals surface area contributed by atoms with Gasteiger partial charge in [0.2, 0.25) is 0 Å². The molecule has 1 fully saturated rings. The van der Waals surface area contributed by atoms with Gasteiger partial charge in [-0.3, -0.25) is 0 Å². The number of aromatic nitrogens is 4. The molecule has 2 heterocycles. The number of hydrogen-bond acceptors (Lipinski definition) is 5. The minimum atomic E-state index is 0.711. The van der Waals surface area contributed by atoms with Crippen molar-refractivity contribution in [3.63, 3.8) is 0 Å². The zero-order valence-corrected chi connectivity index (χ0v) is 9.11. The number of likely N-dealkylation sites (tertiary alicyclic amines) is 1. The van der Waals surface area contributed by atoms with E-state index < -0.39 is 0 Å². The molecule has 0 saturated carbocycles. The zero-order valence-electron chi connectivity index (χ0n) is 9.11. The summed E-state index contributed by atoms with van der Waals surface area (Å²) in [5.74, 6) is 1.54. The van der Waals surface area contributed by atoms with Crippen LogP contribution in [0.4, 0.5) is 0 Å². The molecule has 1 aliphatic heterocycles. The van der Waals surface area contributed by atoms with E-state index in [1.165, 1.54) is 25.9 Å². The number of H-pyrrole nitrogens is 1. The summed E-state index contributed by atoms with van der Waals surface area (Å²) in [5.41, 5.74) is 0. The van der Waals surface area contributed by atoms with Gasteiger partial charge in [0, 0.05) is 0 Å². The second-order valence-corrected chi connectivity index (χ2v) is 4.21. The topological polar surface area (TPSA) is 69.7 Å². The number of rotatable bonds is 4. The van der Waals surface area contributed by atoms with Gasteiger partial charge in [0.15, 0.2) is 5.82 Å². The van der Waals surface area contributed by atoms with Crippen molar-refractivity contribution in [1.82, 2.24) is 30.8 Å². The molecule has 2 N–H and O–H groups in total. The molecule has 6 heteroatoms. The van der Waals surface area contributed by atoms with Crippen LogP contribution in [0, 0.1) is 5.92 Å². The lowest BCUT2D eigenvalue weighted by molar-refractivity contribution is 0.215. The van der Waals surface area contributed by atoms with Crippen LogP contribution >= 0.6 is 0 Å². The second-order valence-electron chi connectivity index (χ2n) is 4.21. The standard InChI is InChI=1S/C9H18N6/c1-15-4-2-8(3-5-15)6-10-7-9-11-13-14-12-9/h8,10H,2-7H2,1H3,(H,11,12,13,14). The van der Waals surface area contributed by atoms with E-state index in [0.717, 1.165) is 18.3 Å². The van der Waals surface area contributed by atoms with Gasteiger partial charge in [0.05, 0.1) is 6.54 Å². The lowest BCUT2D eigenvalue weighted by Crippen LogP contribution is -2.34. The van der Waals surface area contributed by atoms with Crippen LogP contribution < -0.4 is 5.32 Å². The summed E-state index contributed by atoms with van der Waals surface area (Å²) in [5, 5.41) is 17.1. The molecule has 0 bridgehead atoms. The third kappa shape index (κ3) is 3.24. The molecule has 0 aliphatic carbocycles. The number of nitrogens with zero attached hydrogens (tertiary/aromatic N) is 4. The average Bonchev–Trinajstić information content (AvgIpc) is 2.74. The fourth-order valence-corrected chi connectivity index (χ4v) is 1.91. The van der Waals surface area contributed by atoms with Crippen molar-refractivity contribution in [1.29, 1.82) is 0 Å². The Morgan fingerprint density at radius 2 is 2.27 bits per heavy atom. The van der Waals surface area contributed by atoms with Crippen LogP contribution in [0.1, 0.15) is 18.7 Å². The van der Waals surface area contributed by atoms with Crippen LogP contribution in [0.3, 0.4) is 0 Å². The maximum Gasteiger partial charge on any atom is 0.188 e. The van der Waals surface area contributed by atoms with Gasteiger partial charge in [-0.1, -0.05) is 5.21 Å². The van der Waals surface area contributed by atoms with E-state index in [-0.39, 0.29) is 0 Å². The molecule has 0 unspecified atom stereocenters. The molecular weight excluding hydrogens is 192 g/mol. The van der Waals surface area contributed by atoms with Gasteiger partial charge in [-0.25, -0.2) is 0 Å². The van der Waals surface area contributed by atoms with Crippen LogP contribution in [0.5, 0.6) is 0 Å². The second kappa shape index (κ2) is 5.18. The van der Waals surface area contributed by atoms with E-state index in [1.807, 2.05) is 0 Å². The Labute approximate surface area is 89.4 Å². The largest absolute Gasteiger partial charge is 0.309 e. The summed E-state index contributed by atoms with van der Waals surface area (Å²) in [6.45, 7) is 4.20. The molecule has 0 atom stereocenters. The van der Waals surface area contributed by atoms with Gasteiger partial charge in [-0.15, -0.1) is 10.2 Å². The van der Waals surface area contributed by atoms with E-state index >= 15 is 0 Å². The Hall–Kier alpha value is -1.01. The first kappa shape index (κ1) is 10.5. The molecule has 1 saturated heterocycles. The minimum Gasteiger partial charge on any atom is -0.309 e. The molecule has 2 rings (SSSR count). The Morgan fingerprint density at radius 1 is 1.47 bits per heavy atom. The van der Waals surface area contributed by atoms with Crippen LogP contribution in [-0.2, 0) is 6.54 Å². The quantitative estimate of drug-likeness (QED) is 0.709. The summed E-state index contributed by atoms with van der Waals surface area (Å²) >= 11 is 0. The van der Waals surface area contributed by atoms with E-state index in [0.29, 0.717) is 6.54 Å². The van der Waals surface area contributed by atoms with Crippen LogP contribution in [-0.4, -0.2) is 52.2 Å². The van der Waals surface area contributed by atoms with Crippen molar-refractivity contribution >= 4 is 0 Å². The van der Waals surface area contributed by atoms with Gasteiger partial charge < -0.3 is 10.2 Å². The van der Waals surface area contributed by atoms with Gasteiger partial charge in [-0.05, 0) is 45.4 Å². The van der Waals surface area contributed by atoms with Crippen LogP contribution in [0.2, 0.25) is 0 Å². The summed E-state index contributed by atoms with van der Waals surface area (Å²) in [4.78, 5) is 2.38. The number of nitrogens with one attached hydrogen (secondary N) is 2. The first-order valence-corrected chi connectivity index (χ1v) is 5.46. The Morgan fingerprint density at radius 3 is 2.93 bits per heavy atom. The molecule has 15 heavy (non-hydrogen) atoms. The summed E-state index contributed by atoms with van der Waals surface area (Å²) < 4.78 is 0. The molecular formula is C9H18N6. The van der Waals surface area contributed by atoms with Crippen molar-refractivity contribution in [3.05, 3.63) is 5.82 Å². The normalized spacial score (nSPS) is 19.5. The number of tetrazole rings is 1. The highest BCUT2D eigenvalue weighted by molar-refractivity contribution is 4.76. The molecule has 0 amide bonds. The van der Waals surface area contributed by atoms with Crippen LogP contribution in [0.15, 0.2) is 0 Å². The van der Waals surface area contributed by atoms with E-state index in [1.54, 1.807) is 0 Å². The van der Waals surface area contributed by atoms with Crippen molar-refractivity contribution < 1.29 is 0 Å². The highest BCUT2D eigenvalue weighted by Crippen LogP contribution is 2.14. The monoisotopic (exact) mass is 210 g/mol. The van der Waals surface area contributed by atoms with Crippen molar-refractivity contribution in [3.8, 4) is 0 Å². The predicted molar refractivity (Wildman–Crippen MR) is 56.1 cm³/mol. The van der Waals surface area contributed by atoms with E-state index in [4.69, 9.17) is 0 Å². The molecule has 1 aromatic heterocycles. The SMILES string of the molecule is CN1CCC(CNCc2nn[nH]n2)CC1. The van der Waals surface area contributed by atoms with Gasteiger partial charge in [0.1, 0.15) is 0 Å². The fraction of sp³-hybridized carbons (Fsp3) is 0.889. The first-order chi connectivity index (χ1) is 7.34. The third-order valence-electron chi connectivity index (χ3n) is 2.94. The number of piperidine rings is 1. The summed E-state index contributed by atoms with van der Waals surface area (Å²) in [6.07, 6.45) is 2.57. The lowest BCUT2D eigenvalue weighted by atomic mass is 9.97. The third-order valence-corrected chi connectivity index (χ3v) is 2.94. The lowest BCUT2D eigenvalue weighted by Gasteiger charge is -2.28. The highest BCUT2D eigenvalue weighted by Gasteiger charge is 2.15. The average molecular weight is 210 g/mol. The maximum atomic E-state index is 3.89. The van der Waals surface area contributed by atoms with Crippen molar-refractivity contribution in [2.75, 3.05) is 26.7 Å². The molecule has 1 aromatic rings. The predicted octanol–water partition coefficient (Wildman–Crippen LogP) is -0.369. The zero-order chi connectivity index (χ0) is 10.5. The fourth-order valence-electron chi connectivity index (χ4n) is 1.91. The van der Waals surface area contributed by atoms with Crippen molar-refractivity contribution in [2.24, 2.45) is 5.92 Å². The van der Waals surface area contributed by atoms with Crippen molar-refractivity contribution in [2.45, 2.75) is 19.4 Å². The molecule has 84 valence electrons. The van der Waals surface area contributed by atoms with Crippen LogP contribution in [0.25, 0.3) is 0 Å². The smallest absolute Gasteiger partial charge is 0.188 e. The van der Waals surface area contributed by atoms with E-state index in [9.17, 15) is 0 Å². The summed E-state index contributed by atoms with van der Waals surface area (Å²) in [6, 6.07) is 0. The molecule has 1 aliphatic rings. The minimum absolute atomic E-state index is 0.711. The Balaban J connectivity index is 1.62. The van der Waals surface area contributed by atoms with Gasteiger partial charge in [-0.2, -0.15) is 5.21 Å². The number of aromatic amines is 1. The molecule has 6 nitrogen and oxygen atoms in total. The first-order valence-electron chi connectivity index (χ1n) is 5.46. The number of hydrogen-bond donors (Lipinski definition) is 2. The maximum absolute atomic E-state index is 3.89. The molecule has 0 radical (unpaired) electrons. The van der Waals surface area contributed by atoms with Gasteiger partial charge >= 0.3 is 0 Å². The molecule has 0 aromatic carbocycles. The molecule has 0 spiro atoms. The van der Waals surface area contributed by atoms with E-state index in [2.05, 4.69) is 37.9 Å². The highest BCUT2D eigenvalue weighted by atomic mass is 15.5. The van der Waals surface area contributed by atoms with Gasteiger partial charge in [0.25, 0.3) is 0 Å². The Bertz CT molecular complexity index is 264.